The summed E-state index contributed by atoms with van der Waals surface area (Å²) in [6.45, 7) is 1.50. The van der Waals surface area contributed by atoms with Crippen LogP contribution >= 0.6 is 11.3 Å². The Morgan fingerprint density at radius 1 is 1.24 bits per heavy atom. The Kier molecular flexibility index (Phi) is 5.20. The van der Waals surface area contributed by atoms with Gasteiger partial charge in [-0.3, -0.25) is 14.8 Å². The number of thiophene rings is 1. The average molecular weight is 408 g/mol. The van der Waals surface area contributed by atoms with Crippen molar-refractivity contribution in [1.29, 1.82) is 0 Å². The number of anilines is 1. The van der Waals surface area contributed by atoms with E-state index >= 15 is 0 Å². The van der Waals surface area contributed by atoms with Gasteiger partial charge in [-0.05, 0) is 49.4 Å². The molecule has 2 aromatic heterocycles. The monoisotopic (exact) mass is 408 g/mol. The molecule has 8 nitrogen and oxygen atoms in total. The van der Waals surface area contributed by atoms with Gasteiger partial charge in [0.15, 0.2) is 0 Å². The SMILES string of the molecule is NC(=O)c1sc(C#Cc2[nH]nc3ccccc23)cc1N(C(N)=O)[C@H]1CCCNC1. The van der Waals surface area contributed by atoms with Crippen molar-refractivity contribution in [2.45, 2.75) is 18.9 Å². The average Bonchev–Trinajstić information content (AvgIpc) is 3.31. The second-order valence-corrected chi connectivity index (χ2v) is 7.82. The molecular formula is C20H20N6O2S. The van der Waals surface area contributed by atoms with Crippen molar-refractivity contribution in [2.75, 3.05) is 18.0 Å². The summed E-state index contributed by atoms with van der Waals surface area (Å²) in [5, 5.41) is 11.3. The molecule has 6 N–H and O–H groups in total. The van der Waals surface area contributed by atoms with Gasteiger partial charge in [-0.15, -0.1) is 11.3 Å². The molecule has 29 heavy (non-hydrogen) atoms. The Labute approximate surface area is 171 Å². The summed E-state index contributed by atoms with van der Waals surface area (Å²) in [4.78, 5) is 26.6. The van der Waals surface area contributed by atoms with E-state index in [2.05, 4.69) is 27.4 Å². The summed E-state index contributed by atoms with van der Waals surface area (Å²) < 4.78 is 0. The molecule has 1 atom stereocenters. The van der Waals surface area contributed by atoms with Crippen LogP contribution in [0, 0.1) is 11.8 Å². The first kappa shape index (κ1) is 19.0. The van der Waals surface area contributed by atoms with Crippen LogP contribution in [-0.2, 0) is 0 Å². The number of nitrogens with zero attached hydrogens (tertiary/aromatic N) is 2. The third-order valence-electron chi connectivity index (χ3n) is 4.84. The van der Waals surface area contributed by atoms with E-state index in [-0.39, 0.29) is 10.9 Å². The zero-order valence-electron chi connectivity index (χ0n) is 15.6. The van der Waals surface area contributed by atoms with E-state index in [0.29, 0.717) is 22.8 Å². The number of fused-ring (bicyclic) bond motifs is 1. The van der Waals surface area contributed by atoms with E-state index in [1.54, 1.807) is 6.07 Å². The highest BCUT2D eigenvalue weighted by Gasteiger charge is 2.29. The Balaban J connectivity index is 1.72. The van der Waals surface area contributed by atoms with Crippen LogP contribution in [0.2, 0.25) is 0 Å². The molecule has 1 aliphatic rings. The normalized spacial score (nSPS) is 16.2. The molecule has 1 aliphatic heterocycles. The molecule has 3 aromatic rings. The predicted octanol–water partition coefficient (Wildman–Crippen LogP) is 1.76. The fraction of sp³-hybridized carbons (Fsp3) is 0.250. The highest BCUT2D eigenvalue weighted by atomic mass is 32.1. The molecule has 1 saturated heterocycles. The topological polar surface area (TPSA) is 130 Å². The van der Waals surface area contributed by atoms with Crippen molar-refractivity contribution in [2.24, 2.45) is 11.5 Å². The number of nitrogens with two attached hydrogens (primary N) is 2. The fourth-order valence-electron chi connectivity index (χ4n) is 3.53. The number of hydrogen-bond donors (Lipinski definition) is 4. The van der Waals surface area contributed by atoms with Crippen LogP contribution < -0.4 is 21.7 Å². The number of rotatable bonds is 3. The van der Waals surface area contributed by atoms with Gasteiger partial charge in [-0.1, -0.05) is 12.1 Å². The lowest BCUT2D eigenvalue weighted by Gasteiger charge is -2.33. The molecule has 148 valence electrons. The van der Waals surface area contributed by atoms with Crippen molar-refractivity contribution in [3.05, 3.63) is 45.8 Å². The summed E-state index contributed by atoms with van der Waals surface area (Å²) in [5.74, 6) is 5.49. The summed E-state index contributed by atoms with van der Waals surface area (Å²) in [6, 6.07) is 8.61. The summed E-state index contributed by atoms with van der Waals surface area (Å²) in [5.41, 5.74) is 13.2. The molecule has 3 heterocycles. The van der Waals surface area contributed by atoms with Gasteiger partial charge >= 0.3 is 6.03 Å². The molecule has 0 unspecified atom stereocenters. The van der Waals surface area contributed by atoms with Gasteiger partial charge in [0.2, 0.25) is 0 Å². The number of aromatic nitrogens is 2. The lowest BCUT2D eigenvalue weighted by Crippen LogP contribution is -2.51. The number of aromatic amines is 1. The Bertz CT molecular complexity index is 1130. The molecule has 4 rings (SSSR count). The van der Waals surface area contributed by atoms with E-state index in [4.69, 9.17) is 11.5 Å². The molecule has 3 amide bonds. The molecule has 9 heteroatoms. The second-order valence-electron chi connectivity index (χ2n) is 6.76. The van der Waals surface area contributed by atoms with E-state index in [0.717, 1.165) is 41.6 Å². The van der Waals surface area contributed by atoms with Crippen LogP contribution in [0.1, 0.15) is 33.1 Å². The molecule has 0 aliphatic carbocycles. The lowest BCUT2D eigenvalue weighted by atomic mass is 10.1. The quantitative estimate of drug-likeness (QED) is 0.492. The summed E-state index contributed by atoms with van der Waals surface area (Å²) in [6.07, 6.45) is 1.72. The van der Waals surface area contributed by atoms with Crippen molar-refractivity contribution >= 4 is 39.9 Å². The Morgan fingerprint density at radius 2 is 2.07 bits per heavy atom. The number of piperidine rings is 1. The molecule has 0 spiro atoms. The number of urea groups is 1. The summed E-state index contributed by atoms with van der Waals surface area (Å²) in [7, 11) is 0. The van der Waals surface area contributed by atoms with Gasteiger partial charge < -0.3 is 16.8 Å². The summed E-state index contributed by atoms with van der Waals surface area (Å²) >= 11 is 1.15. The van der Waals surface area contributed by atoms with E-state index < -0.39 is 11.9 Å². The first-order chi connectivity index (χ1) is 14.0. The minimum atomic E-state index is -0.613. The number of carbonyl (C=O) groups is 2. The fourth-order valence-corrected chi connectivity index (χ4v) is 4.38. The largest absolute Gasteiger partial charge is 0.365 e. The van der Waals surface area contributed by atoms with Crippen molar-refractivity contribution < 1.29 is 9.59 Å². The van der Waals surface area contributed by atoms with Crippen molar-refractivity contribution in [1.82, 2.24) is 15.5 Å². The maximum Gasteiger partial charge on any atom is 0.319 e. The van der Waals surface area contributed by atoms with Crippen molar-refractivity contribution in [3.8, 4) is 11.8 Å². The smallest absolute Gasteiger partial charge is 0.319 e. The van der Waals surface area contributed by atoms with E-state index in [1.807, 2.05) is 24.3 Å². The van der Waals surface area contributed by atoms with Crippen LogP contribution in [-0.4, -0.2) is 41.3 Å². The number of para-hydroxylation sites is 1. The number of hydrogen-bond acceptors (Lipinski definition) is 5. The zero-order chi connectivity index (χ0) is 20.4. The number of carbonyl (C=O) groups excluding carboxylic acids is 2. The first-order valence-electron chi connectivity index (χ1n) is 9.22. The third-order valence-corrected chi connectivity index (χ3v) is 5.90. The third kappa shape index (κ3) is 3.81. The Morgan fingerprint density at radius 3 is 2.79 bits per heavy atom. The van der Waals surface area contributed by atoms with Crippen molar-refractivity contribution in [3.63, 3.8) is 0 Å². The van der Waals surface area contributed by atoms with Crippen LogP contribution in [0.25, 0.3) is 10.9 Å². The maximum absolute atomic E-state index is 12.2. The molecule has 1 aromatic carbocycles. The lowest BCUT2D eigenvalue weighted by molar-refractivity contribution is 0.100. The highest BCUT2D eigenvalue weighted by Crippen LogP contribution is 2.32. The van der Waals surface area contributed by atoms with Gasteiger partial charge in [0, 0.05) is 11.9 Å². The number of nitrogens with one attached hydrogen (secondary N) is 2. The molecule has 1 fully saturated rings. The van der Waals surface area contributed by atoms with Crippen LogP contribution in [0.15, 0.2) is 30.3 Å². The highest BCUT2D eigenvalue weighted by molar-refractivity contribution is 7.15. The first-order valence-corrected chi connectivity index (χ1v) is 10.0. The van der Waals surface area contributed by atoms with Gasteiger partial charge in [0.1, 0.15) is 10.6 Å². The van der Waals surface area contributed by atoms with Crippen LogP contribution in [0.5, 0.6) is 0 Å². The number of H-pyrrole nitrogens is 1. The predicted molar refractivity (Wildman–Crippen MR) is 113 cm³/mol. The van der Waals surface area contributed by atoms with Crippen LogP contribution in [0.3, 0.4) is 0 Å². The number of amides is 3. The minimum absolute atomic E-state index is 0.133. The number of primary amides is 2. The second kappa shape index (κ2) is 7.95. The molecule has 0 saturated carbocycles. The minimum Gasteiger partial charge on any atom is -0.365 e. The van der Waals surface area contributed by atoms with E-state index in [1.165, 1.54) is 4.90 Å². The van der Waals surface area contributed by atoms with Gasteiger partial charge in [-0.25, -0.2) is 4.79 Å². The van der Waals surface area contributed by atoms with Gasteiger partial charge in [0.25, 0.3) is 5.91 Å². The zero-order valence-corrected chi connectivity index (χ0v) is 16.4. The van der Waals surface area contributed by atoms with E-state index in [9.17, 15) is 9.59 Å². The molecule has 0 bridgehead atoms. The molecular weight excluding hydrogens is 388 g/mol. The standard InChI is InChI=1S/C20H20N6O2S/c21-19(27)18-17(26(20(22)28)12-4-3-9-23-11-12)10-13(29-18)7-8-16-14-5-1-2-6-15(14)24-25-16/h1-2,5-6,10,12,23H,3-4,9,11H2,(H2,21,27)(H2,22,28)(H,24,25)/t12-/m0/s1. The maximum atomic E-state index is 12.2. The molecule has 0 radical (unpaired) electrons. The Hall–Kier alpha value is -3.35. The van der Waals surface area contributed by atoms with Gasteiger partial charge in [-0.2, -0.15) is 5.10 Å². The van der Waals surface area contributed by atoms with Gasteiger partial charge in [0.05, 0.1) is 22.1 Å². The number of benzene rings is 1. The van der Waals surface area contributed by atoms with Crippen LogP contribution in [0.4, 0.5) is 10.5 Å².